The summed E-state index contributed by atoms with van der Waals surface area (Å²) in [5.74, 6) is 1.29. The molecular weight excluding hydrogens is 304 g/mol. The molecule has 130 valence electrons. The number of nitrogens with zero attached hydrogens (tertiary/aromatic N) is 1. The predicted octanol–water partition coefficient (Wildman–Crippen LogP) is 3.29. The van der Waals surface area contributed by atoms with Crippen LogP contribution >= 0.6 is 0 Å². The molecule has 0 spiro atoms. The van der Waals surface area contributed by atoms with Crippen LogP contribution in [0.15, 0.2) is 16.5 Å². The smallest absolute Gasteiger partial charge is 0.253 e. The van der Waals surface area contributed by atoms with Gasteiger partial charge in [0.05, 0.1) is 12.1 Å². The van der Waals surface area contributed by atoms with Crippen molar-refractivity contribution in [3.63, 3.8) is 0 Å². The second kappa shape index (κ2) is 5.81. The SMILES string of the molecule is Cc1cc(C(C)(O)CNC(=O)c2cc(C)n(C3CC3)c2C)c(C)o1. The van der Waals surface area contributed by atoms with Crippen LogP contribution in [-0.4, -0.2) is 22.1 Å². The standard InChI is InChI=1S/C19H26N2O3/c1-11-8-16(13(3)21(11)15-6-7-15)18(22)20-10-19(5,23)17-9-12(2)24-14(17)4/h8-9,15,23H,6-7,10H2,1-5H3,(H,20,22). The number of carbonyl (C=O) groups excluding carboxylic acids is 1. The molecule has 1 atom stereocenters. The van der Waals surface area contributed by atoms with Crippen LogP contribution in [-0.2, 0) is 5.60 Å². The van der Waals surface area contributed by atoms with Gasteiger partial charge in [0, 0.05) is 23.0 Å². The van der Waals surface area contributed by atoms with Crippen LogP contribution in [0, 0.1) is 27.7 Å². The molecule has 0 saturated heterocycles. The second-order valence-corrected chi connectivity index (χ2v) is 7.17. The molecule has 1 unspecified atom stereocenters. The van der Waals surface area contributed by atoms with E-state index in [-0.39, 0.29) is 12.5 Å². The average Bonchev–Trinajstić information content (AvgIpc) is 3.19. The molecule has 2 heterocycles. The summed E-state index contributed by atoms with van der Waals surface area (Å²) in [6.07, 6.45) is 2.37. The largest absolute Gasteiger partial charge is 0.466 e. The topological polar surface area (TPSA) is 67.4 Å². The summed E-state index contributed by atoms with van der Waals surface area (Å²) >= 11 is 0. The van der Waals surface area contributed by atoms with Gasteiger partial charge in [0.2, 0.25) is 0 Å². The van der Waals surface area contributed by atoms with Crippen molar-refractivity contribution in [2.45, 2.75) is 59.1 Å². The molecule has 5 nitrogen and oxygen atoms in total. The molecule has 2 N–H and O–H groups in total. The van der Waals surface area contributed by atoms with E-state index in [0.717, 1.165) is 17.1 Å². The summed E-state index contributed by atoms with van der Waals surface area (Å²) < 4.78 is 7.73. The molecule has 1 saturated carbocycles. The molecule has 0 bridgehead atoms. The molecule has 5 heteroatoms. The van der Waals surface area contributed by atoms with Gasteiger partial charge >= 0.3 is 0 Å². The lowest BCUT2D eigenvalue weighted by Gasteiger charge is -2.23. The van der Waals surface area contributed by atoms with Crippen molar-refractivity contribution in [1.29, 1.82) is 0 Å². The molecule has 1 aliphatic rings. The van der Waals surface area contributed by atoms with Crippen molar-refractivity contribution in [3.8, 4) is 0 Å². The van der Waals surface area contributed by atoms with Crippen LogP contribution in [0.1, 0.15) is 64.6 Å². The number of carbonyl (C=O) groups is 1. The Morgan fingerprint density at radius 1 is 1.33 bits per heavy atom. The minimum Gasteiger partial charge on any atom is -0.466 e. The Balaban J connectivity index is 1.73. The zero-order chi connectivity index (χ0) is 17.6. The first-order valence-corrected chi connectivity index (χ1v) is 8.47. The predicted molar refractivity (Wildman–Crippen MR) is 92.3 cm³/mol. The molecule has 2 aromatic rings. The van der Waals surface area contributed by atoms with Crippen molar-refractivity contribution < 1.29 is 14.3 Å². The first kappa shape index (κ1) is 16.8. The number of aryl methyl sites for hydroxylation is 3. The van der Waals surface area contributed by atoms with Crippen LogP contribution in [0.25, 0.3) is 0 Å². The van der Waals surface area contributed by atoms with Gasteiger partial charge in [-0.2, -0.15) is 0 Å². The third-order valence-electron chi connectivity index (χ3n) is 4.86. The van der Waals surface area contributed by atoms with E-state index in [9.17, 15) is 9.90 Å². The van der Waals surface area contributed by atoms with Crippen LogP contribution < -0.4 is 5.32 Å². The van der Waals surface area contributed by atoms with Gasteiger partial charge in [-0.05, 0) is 59.6 Å². The Morgan fingerprint density at radius 3 is 2.54 bits per heavy atom. The van der Waals surface area contributed by atoms with Crippen LogP contribution in [0.3, 0.4) is 0 Å². The van der Waals surface area contributed by atoms with Gasteiger partial charge in [-0.1, -0.05) is 0 Å². The average molecular weight is 330 g/mol. The van der Waals surface area contributed by atoms with E-state index in [2.05, 4.69) is 9.88 Å². The van der Waals surface area contributed by atoms with Crippen molar-refractivity contribution in [3.05, 3.63) is 46.2 Å². The molecular formula is C19H26N2O3. The summed E-state index contributed by atoms with van der Waals surface area (Å²) in [5.41, 5.74) is 2.36. The lowest BCUT2D eigenvalue weighted by atomic mass is 9.96. The number of nitrogens with one attached hydrogen (secondary N) is 1. The number of rotatable bonds is 5. The second-order valence-electron chi connectivity index (χ2n) is 7.17. The highest BCUT2D eigenvalue weighted by atomic mass is 16.3. The van der Waals surface area contributed by atoms with E-state index in [1.165, 1.54) is 12.8 Å². The zero-order valence-electron chi connectivity index (χ0n) is 15.1. The van der Waals surface area contributed by atoms with Crippen LogP contribution in [0.2, 0.25) is 0 Å². The number of hydrogen-bond acceptors (Lipinski definition) is 3. The number of hydrogen-bond donors (Lipinski definition) is 2. The summed E-state index contributed by atoms with van der Waals surface area (Å²) in [4.78, 5) is 12.6. The van der Waals surface area contributed by atoms with E-state index in [0.29, 0.717) is 22.9 Å². The third-order valence-corrected chi connectivity index (χ3v) is 4.86. The lowest BCUT2D eigenvalue weighted by molar-refractivity contribution is 0.0514. The fourth-order valence-electron chi connectivity index (χ4n) is 3.51. The van der Waals surface area contributed by atoms with Crippen LogP contribution in [0.4, 0.5) is 0 Å². The highest BCUT2D eigenvalue weighted by Gasteiger charge is 2.31. The highest BCUT2D eigenvalue weighted by molar-refractivity contribution is 5.95. The van der Waals surface area contributed by atoms with E-state index in [1.807, 2.05) is 39.8 Å². The Labute approximate surface area is 142 Å². The van der Waals surface area contributed by atoms with E-state index >= 15 is 0 Å². The first-order chi connectivity index (χ1) is 11.2. The highest BCUT2D eigenvalue weighted by Crippen LogP contribution is 2.38. The van der Waals surface area contributed by atoms with Gasteiger partial charge in [-0.3, -0.25) is 4.79 Å². The molecule has 24 heavy (non-hydrogen) atoms. The van der Waals surface area contributed by atoms with Crippen molar-refractivity contribution >= 4 is 5.91 Å². The summed E-state index contributed by atoms with van der Waals surface area (Å²) in [6, 6.07) is 4.30. The van der Waals surface area contributed by atoms with Gasteiger partial charge in [0.1, 0.15) is 17.1 Å². The third kappa shape index (κ3) is 3.00. The van der Waals surface area contributed by atoms with Crippen LogP contribution in [0.5, 0.6) is 0 Å². The number of aliphatic hydroxyl groups is 1. The fourth-order valence-corrected chi connectivity index (χ4v) is 3.51. The number of amides is 1. The molecule has 1 amide bonds. The molecule has 0 aromatic carbocycles. The fraction of sp³-hybridized carbons (Fsp3) is 0.526. The zero-order valence-corrected chi connectivity index (χ0v) is 15.1. The molecule has 1 fully saturated rings. The summed E-state index contributed by atoms with van der Waals surface area (Å²) in [6.45, 7) is 9.52. The number of aromatic nitrogens is 1. The Kier molecular flexibility index (Phi) is 4.08. The normalized spacial score (nSPS) is 16.9. The summed E-state index contributed by atoms with van der Waals surface area (Å²) in [7, 11) is 0. The maximum Gasteiger partial charge on any atom is 0.253 e. The van der Waals surface area contributed by atoms with Gasteiger partial charge in [-0.15, -0.1) is 0 Å². The maximum atomic E-state index is 12.6. The van der Waals surface area contributed by atoms with Gasteiger partial charge in [0.15, 0.2) is 0 Å². The first-order valence-electron chi connectivity index (χ1n) is 8.47. The van der Waals surface area contributed by atoms with Gasteiger partial charge < -0.3 is 19.4 Å². The monoisotopic (exact) mass is 330 g/mol. The van der Waals surface area contributed by atoms with Crippen molar-refractivity contribution in [1.82, 2.24) is 9.88 Å². The molecule has 3 rings (SSSR count). The lowest BCUT2D eigenvalue weighted by Crippen LogP contribution is -2.38. The van der Waals surface area contributed by atoms with Gasteiger partial charge in [0.25, 0.3) is 5.91 Å². The molecule has 1 aliphatic carbocycles. The Morgan fingerprint density at radius 2 is 2.00 bits per heavy atom. The van der Waals surface area contributed by atoms with E-state index in [4.69, 9.17) is 4.42 Å². The van der Waals surface area contributed by atoms with E-state index < -0.39 is 5.60 Å². The van der Waals surface area contributed by atoms with E-state index in [1.54, 1.807) is 6.92 Å². The molecule has 2 aromatic heterocycles. The molecule has 0 aliphatic heterocycles. The quantitative estimate of drug-likeness (QED) is 0.884. The minimum atomic E-state index is -1.17. The summed E-state index contributed by atoms with van der Waals surface area (Å²) in [5, 5.41) is 13.6. The Hall–Kier alpha value is -2.01. The van der Waals surface area contributed by atoms with Gasteiger partial charge in [-0.25, -0.2) is 0 Å². The van der Waals surface area contributed by atoms with Crippen molar-refractivity contribution in [2.75, 3.05) is 6.54 Å². The Bertz CT molecular complexity index is 779. The van der Waals surface area contributed by atoms with Crippen molar-refractivity contribution in [2.24, 2.45) is 0 Å². The maximum absolute atomic E-state index is 12.6. The minimum absolute atomic E-state index is 0.138. The molecule has 0 radical (unpaired) electrons. The number of furan rings is 1.